The van der Waals surface area contributed by atoms with Crippen LogP contribution in [0.15, 0.2) is 65.5 Å². The smallest absolute Gasteiger partial charge is 0.346 e. The minimum atomic E-state index is -0.686. The fourth-order valence-corrected chi connectivity index (χ4v) is 2.19. The molecule has 0 saturated heterocycles. The summed E-state index contributed by atoms with van der Waals surface area (Å²) in [5.41, 5.74) is -0.251. The van der Waals surface area contributed by atoms with Crippen molar-refractivity contribution in [2.75, 3.05) is 5.32 Å². The molecule has 0 atom stereocenters. The zero-order chi connectivity index (χ0) is 16.9. The van der Waals surface area contributed by atoms with Crippen molar-refractivity contribution in [3.8, 4) is 11.5 Å². The molecule has 6 nitrogen and oxygen atoms in total. The molecule has 0 spiro atoms. The van der Waals surface area contributed by atoms with Gasteiger partial charge in [0.05, 0.1) is 0 Å². The summed E-state index contributed by atoms with van der Waals surface area (Å²) >= 11 is 5.72. The molecule has 1 heterocycles. The van der Waals surface area contributed by atoms with E-state index in [1.165, 1.54) is 6.07 Å². The molecule has 0 bridgehead atoms. The molecule has 0 aliphatic carbocycles. The Morgan fingerprint density at radius 3 is 2.54 bits per heavy atom. The monoisotopic (exact) mass is 341 g/mol. The summed E-state index contributed by atoms with van der Waals surface area (Å²) in [4.78, 5) is 29.3. The van der Waals surface area contributed by atoms with E-state index in [0.717, 1.165) is 0 Å². The maximum absolute atomic E-state index is 12.2. The third-order valence-corrected chi connectivity index (χ3v) is 3.22. The molecule has 0 saturated carbocycles. The van der Waals surface area contributed by atoms with Gasteiger partial charge in [0.1, 0.15) is 22.3 Å². The molecule has 0 unspecified atom stereocenters. The van der Waals surface area contributed by atoms with Crippen LogP contribution in [0.5, 0.6) is 11.5 Å². The van der Waals surface area contributed by atoms with E-state index in [-0.39, 0.29) is 10.8 Å². The van der Waals surface area contributed by atoms with Gasteiger partial charge < -0.3 is 10.1 Å². The number of nitrogens with one attached hydrogen (secondary N) is 2. The van der Waals surface area contributed by atoms with Crippen LogP contribution in [0.1, 0.15) is 10.5 Å². The Labute approximate surface area is 142 Å². The summed E-state index contributed by atoms with van der Waals surface area (Å²) in [6, 6.07) is 17.4. The topological polar surface area (TPSA) is 84.1 Å². The molecule has 24 heavy (non-hydrogen) atoms. The minimum Gasteiger partial charge on any atom is -0.457 e. The van der Waals surface area contributed by atoms with Crippen molar-refractivity contribution in [3.05, 3.63) is 82.0 Å². The van der Waals surface area contributed by atoms with Crippen LogP contribution in [-0.4, -0.2) is 15.9 Å². The first-order valence-electron chi connectivity index (χ1n) is 7.01. The highest BCUT2D eigenvalue weighted by molar-refractivity contribution is 6.29. The molecule has 2 N–H and O–H groups in total. The summed E-state index contributed by atoms with van der Waals surface area (Å²) in [6.07, 6.45) is 0. The predicted octanol–water partition coefficient (Wildman–Crippen LogP) is 3.47. The van der Waals surface area contributed by atoms with Gasteiger partial charge in [0.2, 0.25) is 0 Å². The Morgan fingerprint density at radius 2 is 1.79 bits per heavy atom. The van der Waals surface area contributed by atoms with Crippen molar-refractivity contribution in [3.63, 3.8) is 0 Å². The van der Waals surface area contributed by atoms with Gasteiger partial charge in [-0.1, -0.05) is 35.9 Å². The lowest BCUT2D eigenvalue weighted by molar-refractivity contribution is 0.102. The highest BCUT2D eigenvalue weighted by atomic mass is 35.5. The second-order valence-corrected chi connectivity index (χ2v) is 5.22. The SMILES string of the molecule is O=C(Nc1cccc(Oc2ccccc2)c1)c1cc(Cl)[nH]c(=O)n1. The zero-order valence-corrected chi connectivity index (χ0v) is 13.1. The standard InChI is InChI=1S/C17H12ClN3O3/c18-15-10-14(20-17(23)21-15)16(22)19-11-5-4-8-13(9-11)24-12-6-2-1-3-7-12/h1-10H,(H,19,22)(H,20,21,23). The van der Waals surface area contributed by atoms with Gasteiger partial charge in [-0.2, -0.15) is 4.98 Å². The van der Waals surface area contributed by atoms with Gasteiger partial charge in [0.15, 0.2) is 0 Å². The van der Waals surface area contributed by atoms with Gasteiger partial charge in [-0.25, -0.2) is 4.79 Å². The fourth-order valence-electron chi connectivity index (χ4n) is 2.00. The number of benzene rings is 2. The molecule has 0 aliphatic rings. The van der Waals surface area contributed by atoms with Crippen LogP contribution in [0, 0.1) is 0 Å². The second kappa shape index (κ2) is 6.97. The molecule has 0 radical (unpaired) electrons. The third-order valence-electron chi connectivity index (χ3n) is 3.02. The normalized spacial score (nSPS) is 10.2. The van der Waals surface area contributed by atoms with E-state index in [4.69, 9.17) is 16.3 Å². The van der Waals surface area contributed by atoms with Crippen LogP contribution >= 0.6 is 11.6 Å². The maximum Gasteiger partial charge on any atom is 0.346 e. The lowest BCUT2D eigenvalue weighted by atomic mass is 10.2. The predicted molar refractivity (Wildman–Crippen MR) is 90.8 cm³/mol. The lowest BCUT2D eigenvalue weighted by Gasteiger charge is -2.08. The lowest BCUT2D eigenvalue weighted by Crippen LogP contribution is -2.20. The van der Waals surface area contributed by atoms with E-state index in [0.29, 0.717) is 17.2 Å². The Morgan fingerprint density at radius 1 is 1.04 bits per heavy atom. The van der Waals surface area contributed by atoms with Gasteiger partial charge in [-0.05, 0) is 24.3 Å². The molecule has 2 aromatic carbocycles. The van der Waals surface area contributed by atoms with Gasteiger partial charge >= 0.3 is 5.69 Å². The largest absolute Gasteiger partial charge is 0.457 e. The van der Waals surface area contributed by atoms with Crippen molar-refractivity contribution >= 4 is 23.2 Å². The highest BCUT2D eigenvalue weighted by Crippen LogP contribution is 2.24. The number of amides is 1. The van der Waals surface area contributed by atoms with E-state index in [2.05, 4.69) is 15.3 Å². The number of halogens is 1. The van der Waals surface area contributed by atoms with Crippen molar-refractivity contribution in [1.82, 2.24) is 9.97 Å². The van der Waals surface area contributed by atoms with E-state index < -0.39 is 11.6 Å². The summed E-state index contributed by atoms with van der Waals surface area (Å²) in [5, 5.41) is 2.69. The molecule has 120 valence electrons. The highest BCUT2D eigenvalue weighted by Gasteiger charge is 2.10. The average Bonchev–Trinajstić information content (AvgIpc) is 2.55. The molecule has 1 aromatic heterocycles. The summed E-state index contributed by atoms with van der Waals surface area (Å²) in [6.45, 7) is 0. The minimum absolute atomic E-state index is 0.0429. The van der Waals surface area contributed by atoms with Crippen molar-refractivity contribution in [2.24, 2.45) is 0 Å². The molecule has 3 aromatic rings. The number of carbonyl (C=O) groups excluding carboxylic acids is 1. The Balaban J connectivity index is 1.77. The molecule has 0 fully saturated rings. The van der Waals surface area contributed by atoms with E-state index in [1.54, 1.807) is 24.3 Å². The van der Waals surface area contributed by atoms with E-state index in [1.807, 2.05) is 30.3 Å². The zero-order valence-electron chi connectivity index (χ0n) is 12.3. The second-order valence-electron chi connectivity index (χ2n) is 4.82. The van der Waals surface area contributed by atoms with Crippen LogP contribution in [0.25, 0.3) is 0 Å². The quantitative estimate of drug-likeness (QED) is 0.712. The van der Waals surface area contributed by atoms with Crippen LogP contribution in [0.4, 0.5) is 5.69 Å². The fraction of sp³-hybridized carbons (Fsp3) is 0. The van der Waals surface area contributed by atoms with Gasteiger partial charge in [0, 0.05) is 17.8 Å². The number of para-hydroxylation sites is 1. The number of carbonyl (C=O) groups is 1. The average molecular weight is 342 g/mol. The van der Waals surface area contributed by atoms with E-state index >= 15 is 0 Å². The van der Waals surface area contributed by atoms with Crippen LogP contribution in [0.3, 0.4) is 0 Å². The number of H-pyrrole nitrogens is 1. The van der Waals surface area contributed by atoms with Gasteiger partial charge in [0.25, 0.3) is 5.91 Å². The van der Waals surface area contributed by atoms with Crippen LogP contribution < -0.4 is 15.7 Å². The number of ether oxygens (including phenoxy) is 1. The number of aromatic amines is 1. The number of anilines is 1. The molecular weight excluding hydrogens is 330 g/mol. The van der Waals surface area contributed by atoms with Crippen molar-refractivity contribution < 1.29 is 9.53 Å². The number of hydrogen-bond donors (Lipinski definition) is 2. The van der Waals surface area contributed by atoms with Crippen molar-refractivity contribution in [2.45, 2.75) is 0 Å². The summed E-state index contributed by atoms with van der Waals surface area (Å²) in [7, 11) is 0. The third kappa shape index (κ3) is 3.99. The number of aromatic nitrogens is 2. The van der Waals surface area contributed by atoms with Gasteiger partial charge in [-0.15, -0.1) is 0 Å². The van der Waals surface area contributed by atoms with Crippen molar-refractivity contribution in [1.29, 1.82) is 0 Å². The van der Waals surface area contributed by atoms with Crippen LogP contribution in [-0.2, 0) is 0 Å². The maximum atomic E-state index is 12.2. The Bertz CT molecular complexity index is 926. The Hall–Kier alpha value is -3.12. The first-order valence-corrected chi connectivity index (χ1v) is 7.39. The molecule has 1 amide bonds. The first kappa shape index (κ1) is 15.8. The van der Waals surface area contributed by atoms with E-state index in [9.17, 15) is 9.59 Å². The number of nitrogens with zero attached hydrogens (tertiary/aromatic N) is 1. The van der Waals surface area contributed by atoms with Crippen LogP contribution in [0.2, 0.25) is 5.15 Å². The number of hydrogen-bond acceptors (Lipinski definition) is 4. The number of rotatable bonds is 4. The molecule has 7 heteroatoms. The molecular formula is C17H12ClN3O3. The first-order chi connectivity index (χ1) is 11.6. The molecule has 3 rings (SSSR count). The van der Waals surface area contributed by atoms with Gasteiger partial charge in [-0.3, -0.25) is 9.78 Å². The summed E-state index contributed by atoms with van der Waals surface area (Å²) in [5.74, 6) is 0.708. The molecule has 0 aliphatic heterocycles. The summed E-state index contributed by atoms with van der Waals surface area (Å²) < 4.78 is 5.70. The Kier molecular flexibility index (Phi) is 4.58.